The van der Waals surface area contributed by atoms with E-state index in [0.717, 1.165) is 13.0 Å². The molecule has 0 fully saturated rings. The van der Waals surface area contributed by atoms with Gasteiger partial charge in [0.1, 0.15) is 0 Å². The van der Waals surface area contributed by atoms with Gasteiger partial charge in [0.05, 0.1) is 11.9 Å². The number of amidine groups is 1. The molecule has 2 heterocycles. The lowest BCUT2D eigenvalue weighted by Gasteiger charge is -2.14. The number of hydrogen-bond acceptors (Lipinski definition) is 3. The number of thiophene rings is 1. The summed E-state index contributed by atoms with van der Waals surface area (Å²) in [6.45, 7) is 7.58. The van der Waals surface area contributed by atoms with Crippen molar-refractivity contribution in [1.29, 1.82) is 0 Å². The van der Waals surface area contributed by atoms with Crippen LogP contribution >= 0.6 is 11.3 Å². The zero-order chi connectivity index (χ0) is 10.8. The quantitative estimate of drug-likeness (QED) is 0.816. The average molecular weight is 222 g/mol. The van der Waals surface area contributed by atoms with Crippen molar-refractivity contribution in [2.75, 3.05) is 6.54 Å². The van der Waals surface area contributed by atoms with E-state index in [1.54, 1.807) is 0 Å². The standard InChI is InChI=1S/C12H18N2S/c1-8-7-11(10(3)15-8)9(2)14-12-5-4-6-13-12/h7,9H,4-6H2,1-3H3,(H,13,14). The Morgan fingerprint density at radius 1 is 1.47 bits per heavy atom. The first-order valence-corrected chi connectivity index (χ1v) is 6.35. The Balaban J connectivity index is 2.07. The van der Waals surface area contributed by atoms with Crippen LogP contribution in [0, 0.1) is 13.8 Å². The number of aryl methyl sites for hydroxylation is 2. The number of nitrogens with zero attached hydrogens (tertiary/aromatic N) is 1. The first-order chi connectivity index (χ1) is 7.16. The Morgan fingerprint density at radius 3 is 2.80 bits per heavy atom. The van der Waals surface area contributed by atoms with E-state index in [2.05, 4.69) is 37.1 Å². The van der Waals surface area contributed by atoms with Crippen molar-refractivity contribution in [2.24, 2.45) is 4.99 Å². The van der Waals surface area contributed by atoms with Crippen molar-refractivity contribution < 1.29 is 0 Å². The van der Waals surface area contributed by atoms with E-state index < -0.39 is 0 Å². The minimum absolute atomic E-state index is 0.395. The van der Waals surface area contributed by atoms with Gasteiger partial charge in [-0.25, -0.2) is 0 Å². The number of nitrogens with one attached hydrogen (secondary N) is 1. The Labute approximate surface area is 95.4 Å². The molecule has 15 heavy (non-hydrogen) atoms. The van der Waals surface area contributed by atoms with Gasteiger partial charge in [0.2, 0.25) is 0 Å². The van der Waals surface area contributed by atoms with Gasteiger partial charge in [-0.15, -0.1) is 11.3 Å². The molecule has 1 aromatic heterocycles. The highest BCUT2D eigenvalue weighted by Crippen LogP contribution is 2.26. The number of aliphatic imine (C=N–C) groups is 1. The summed E-state index contributed by atoms with van der Waals surface area (Å²) in [4.78, 5) is 7.26. The Hall–Kier alpha value is -0.830. The van der Waals surface area contributed by atoms with Gasteiger partial charge in [-0.05, 0) is 38.8 Å². The molecule has 1 atom stereocenters. The van der Waals surface area contributed by atoms with Gasteiger partial charge in [-0.1, -0.05) is 0 Å². The van der Waals surface area contributed by atoms with E-state index in [4.69, 9.17) is 0 Å². The van der Waals surface area contributed by atoms with Crippen LogP contribution in [0.3, 0.4) is 0 Å². The van der Waals surface area contributed by atoms with Gasteiger partial charge in [-0.2, -0.15) is 0 Å². The normalized spacial score (nSPS) is 17.7. The van der Waals surface area contributed by atoms with Crippen LogP contribution in [0.2, 0.25) is 0 Å². The molecule has 1 aliphatic heterocycles. The lowest BCUT2D eigenvalue weighted by Crippen LogP contribution is -2.25. The molecule has 1 unspecified atom stereocenters. The third kappa shape index (κ3) is 2.40. The van der Waals surface area contributed by atoms with E-state index in [9.17, 15) is 0 Å². The minimum atomic E-state index is 0.395. The molecule has 0 saturated heterocycles. The molecule has 1 N–H and O–H groups in total. The van der Waals surface area contributed by atoms with Crippen LogP contribution < -0.4 is 5.32 Å². The summed E-state index contributed by atoms with van der Waals surface area (Å²) in [5.74, 6) is 1.19. The molecule has 1 aliphatic rings. The molecule has 0 spiro atoms. The second-order valence-electron chi connectivity index (χ2n) is 4.17. The first kappa shape index (κ1) is 10.7. The fourth-order valence-corrected chi connectivity index (χ4v) is 3.09. The van der Waals surface area contributed by atoms with Gasteiger partial charge >= 0.3 is 0 Å². The molecule has 0 aromatic carbocycles. The Kier molecular flexibility index (Phi) is 3.10. The maximum Gasteiger partial charge on any atom is 0.0968 e. The molecule has 2 rings (SSSR count). The fraction of sp³-hybridized carbons (Fsp3) is 0.583. The van der Waals surface area contributed by atoms with E-state index >= 15 is 0 Å². The molecule has 2 nitrogen and oxygen atoms in total. The largest absolute Gasteiger partial charge is 0.367 e. The summed E-state index contributed by atoms with van der Waals surface area (Å²) < 4.78 is 0. The van der Waals surface area contributed by atoms with Gasteiger partial charge in [0.25, 0.3) is 0 Å². The third-order valence-electron chi connectivity index (χ3n) is 2.80. The van der Waals surface area contributed by atoms with Crippen molar-refractivity contribution >= 4 is 17.2 Å². The number of hydrogen-bond donors (Lipinski definition) is 1. The molecule has 0 amide bonds. The van der Waals surface area contributed by atoms with E-state index in [1.807, 2.05) is 11.3 Å². The maximum absolute atomic E-state index is 4.45. The zero-order valence-electron chi connectivity index (χ0n) is 9.63. The van der Waals surface area contributed by atoms with Crippen molar-refractivity contribution in [3.63, 3.8) is 0 Å². The van der Waals surface area contributed by atoms with Gasteiger partial charge in [0.15, 0.2) is 0 Å². The van der Waals surface area contributed by atoms with Crippen molar-refractivity contribution in [3.05, 3.63) is 21.4 Å². The minimum Gasteiger partial charge on any atom is -0.367 e. The Morgan fingerprint density at radius 2 is 2.27 bits per heavy atom. The summed E-state index contributed by atoms with van der Waals surface area (Å²) in [6.07, 6.45) is 2.32. The van der Waals surface area contributed by atoms with Crippen LogP contribution in [0.4, 0.5) is 0 Å². The summed E-state index contributed by atoms with van der Waals surface area (Å²) in [7, 11) is 0. The molecule has 1 aromatic rings. The van der Waals surface area contributed by atoms with Gasteiger partial charge < -0.3 is 5.32 Å². The van der Waals surface area contributed by atoms with Crippen LogP contribution in [-0.4, -0.2) is 12.4 Å². The second-order valence-corrected chi connectivity index (χ2v) is 5.63. The van der Waals surface area contributed by atoms with Crippen LogP contribution in [0.1, 0.15) is 41.1 Å². The lowest BCUT2D eigenvalue weighted by atomic mass is 10.1. The SMILES string of the molecule is Cc1cc(C(C)NC2=NCCC2)c(C)s1. The fourth-order valence-electron chi connectivity index (χ4n) is 2.07. The molecule has 0 bridgehead atoms. The van der Waals surface area contributed by atoms with E-state index in [1.165, 1.54) is 27.6 Å². The first-order valence-electron chi connectivity index (χ1n) is 5.53. The van der Waals surface area contributed by atoms with Crippen LogP contribution in [0.5, 0.6) is 0 Å². The van der Waals surface area contributed by atoms with Crippen molar-refractivity contribution in [2.45, 2.75) is 39.7 Å². The monoisotopic (exact) mass is 222 g/mol. The molecule has 0 saturated carbocycles. The second kappa shape index (κ2) is 4.35. The number of rotatable bonds is 2. The van der Waals surface area contributed by atoms with Crippen LogP contribution in [0.25, 0.3) is 0 Å². The van der Waals surface area contributed by atoms with Crippen LogP contribution in [0.15, 0.2) is 11.1 Å². The highest BCUT2D eigenvalue weighted by molar-refractivity contribution is 7.12. The predicted molar refractivity (Wildman–Crippen MR) is 66.9 cm³/mol. The smallest absolute Gasteiger partial charge is 0.0968 e. The summed E-state index contributed by atoms with van der Waals surface area (Å²) >= 11 is 1.88. The summed E-state index contributed by atoms with van der Waals surface area (Å²) in [5, 5.41) is 3.51. The Bertz CT molecular complexity index is 379. The molecule has 0 radical (unpaired) electrons. The summed E-state index contributed by atoms with van der Waals surface area (Å²) in [6, 6.07) is 2.68. The zero-order valence-corrected chi connectivity index (χ0v) is 10.4. The molecular weight excluding hydrogens is 204 g/mol. The maximum atomic E-state index is 4.45. The molecular formula is C12H18N2S. The van der Waals surface area contributed by atoms with E-state index in [-0.39, 0.29) is 0 Å². The van der Waals surface area contributed by atoms with Crippen LogP contribution in [-0.2, 0) is 0 Å². The van der Waals surface area contributed by atoms with Crippen molar-refractivity contribution in [1.82, 2.24) is 5.32 Å². The van der Waals surface area contributed by atoms with Gasteiger partial charge in [-0.3, -0.25) is 4.99 Å². The van der Waals surface area contributed by atoms with Crippen molar-refractivity contribution in [3.8, 4) is 0 Å². The predicted octanol–water partition coefficient (Wildman–Crippen LogP) is 3.21. The average Bonchev–Trinajstić information content (AvgIpc) is 2.75. The summed E-state index contributed by atoms with van der Waals surface area (Å²) in [5.41, 5.74) is 1.42. The molecule has 0 aliphatic carbocycles. The topological polar surface area (TPSA) is 24.4 Å². The highest BCUT2D eigenvalue weighted by atomic mass is 32.1. The van der Waals surface area contributed by atoms with E-state index in [0.29, 0.717) is 6.04 Å². The highest BCUT2D eigenvalue weighted by Gasteiger charge is 2.14. The lowest BCUT2D eigenvalue weighted by molar-refractivity contribution is 0.708. The van der Waals surface area contributed by atoms with Gasteiger partial charge in [0, 0.05) is 22.7 Å². The molecule has 3 heteroatoms. The molecule has 82 valence electrons. The third-order valence-corrected chi connectivity index (χ3v) is 3.79.